The number of nitrogen functional groups attached to an aromatic ring is 2. The summed E-state index contributed by atoms with van der Waals surface area (Å²) in [5.41, 5.74) is 13.1. The molecule has 5 heteroatoms. The molecular weight excluding hydrogens is 266 g/mol. The Labute approximate surface area is 123 Å². The number of hydrogen-bond acceptors (Lipinski definition) is 4. The number of nitrogens with zero attached hydrogens (tertiary/aromatic N) is 1. The molecule has 21 heavy (non-hydrogen) atoms. The third-order valence-electron chi connectivity index (χ3n) is 3.68. The zero-order chi connectivity index (χ0) is 15.0. The van der Waals surface area contributed by atoms with Gasteiger partial charge in [-0.15, -0.1) is 0 Å². The van der Waals surface area contributed by atoms with E-state index < -0.39 is 0 Å². The third kappa shape index (κ3) is 2.86. The molecule has 1 aromatic heterocycles. The molecule has 0 aliphatic heterocycles. The predicted molar refractivity (Wildman–Crippen MR) is 81.6 cm³/mol. The zero-order valence-electron chi connectivity index (χ0n) is 12.0. The molecule has 1 saturated carbocycles. The van der Waals surface area contributed by atoms with Crippen LogP contribution in [0.4, 0.5) is 11.4 Å². The molecule has 1 aromatic carbocycles. The van der Waals surface area contributed by atoms with Gasteiger partial charge in [0.2, 0.25) is 0 Å². The minimum atomic E-state index is -0.0657. The fraction of sp³-hybridized carbons (Fsp3) is 0.312. The van der Waals surface area contributed by atoms with Crippen molar-refractivity contribution < 1.29 is 9.21 Å². The molecule has 4 N–H and O–H groups in total. The number of carbonyl (C=O) groups excluding carboxylic acids is 1. The second kappa shape index (κ2) is 5.16. The van der Waals surface area contributed by atoms with Gasteiger partial charge in [0.25, 0.3) is 5.91 Å². The molecule has 1 aliphatic rings. The van der Waals surface area contributed by atoms with Crippen LogP contribution in [0.25, 0.3) is 0 Å². The highest BCUT2D eigenvalue weighted by Gasteiger charge is 2.34. The maximum atomic E-state index is 12.7. The van der Waals surface area contributed by atoms with E-state index in [-0.39, 0.29) is 11.9 Å². The Morgan fingerprint density at radius 1 is 1.29 bits per heavy atom. The largest absolute Gasteiger partial charge is 0.464 e. The molecule has 0 atom stereocenters. The van der Waals surface area contributed by atoms with Crippen molar-refractivity contribution in [3.05, 3.63) is 47.4 Å². The van der Waals surface area contributed by atoms with E-state index in [0.717, 1.165) is 24.4 Å². The van der Waals surface area contributed by atoms with Gasteiger partial charge in [0.15, 0.2) is 0 Å². The van der Waals surface area contributed by atoms with Crippen LogP contribution in [-0.2, 0) is 6.54 Å². The molecule has 3 rings (SSSR count). The van der Waals surface area contributed by atoms with Gasteiger partial charge in [-0.1, -0.05) is 0 Å². The van der Waals surface area contributed by atoms with Crippen molar-refractivity contribution in [2.75, 3.05) is 11.5 Å². The Kier molecular flexibility index (Phi) is 3.33. The van der Waals surface area contributed by atoms with Gasteiger partial charge < -0.3 is 20.8 Å². The molecule has 1 fully saturated rings. The van der Waals surface area contributed by atoms with E-state index in [2.05, 4.69) is 0 Å². The number of nitrogens with two attached hydrogens (primary N) is 2. The first-order chi connectivity index (χ1) is 10.0. The minimum absolute atomic E-state index is 0.0657. The number of carbonyl (C=O) groups is 1. The van der Waals surface area contributed by atoms with Crippen LogP contribution in [0.15, 0.2) is 34.7 Å². The Bertz CT molecular complexity index is 674. The van der Waals surface area contributed by atoms with Gasteiger partial charge in [-0.2, -0.15) is 0 Å². The lowest BCUT2D eigenvalue weighted by atomic mass is 10.1. The standard InChI is InChI=1S/C16H19N3O2/c1-10-2-6-13(21-10)9-19(12-4-5-12)16(20)14-7-3-11(17)8-15(14)18/h2-3,6-8,12H,4-5,9,17-18H2,1H3. The number of furan rings is 1. The average molecular weight is 285 g/mol. The summed E-state index contributed by atoms with van der Waals surface area (Å²) >= 11 is 0. The summed E-state index contributed by atoms with van der Waals surface area (Å²) in [5.74, 6) is 1.58. The average Bonchev–Trinajstić information content (AvgIpc) is 3.19. The summed E-state index contributed by atoms with van der Waals surface area (Å²) in [6.45, 7) is 2.37. The summed E-state index contributed by atoms with van der Waals surface area (Å²) in [7, 11) is 0. The molecule has 1 amide bonds. The van der Waals surface area contributed by atoms with Gasteiger partial charge in [-0.25, -0.2) is 0 Å². The number of hydrogen-bond donors (Lipinski definition) is 2. The Morgan fingerprint density at radius 3 is 2.62 bits per heavy atom. The van der Waals surface area contributed by atoms with Crippen LogP contribution in [0.3, 0.4) is 0 Å². The monoisotopic (exact) mass is 285 g/mol. The predicted octanol–water partition coefficient (Wildman–Crippen LogP) is 2.56. The van der Waals surface area contributed by atoms with E-state index in [1.165, 1.54) is 0 Å². The smallest absolute Gasteiger partial charge is 0.256 e. The van der Waals surface area contributed by atoms with Gasteiger partial charge in [0.05, 0.1) is 12.1 Å². The molecule has 0 bridgehead atoms. The van der Waals surface area contributed by atoms with Crippen molar-refractivity contribution in [3.63, 3.8) is 0 Å². The molecule has 2 aromatic rings. The number of rotatable bonds is 4. The third-order valence-corrected chi connectivity index (χ3v) is 3.68. The van der Waals surface area contributed by atoms with Crippen LogP contribution < -0.4 is 11.5 Å². The maximum absolute atomic E-state index is 12.7. The fourth-order valence-electron chi connectivity index (χ4n) is 2.42. The van der Waals surface area contributed by atoms with E-state index >= 15 is 0 Å². The van der Waals surface area contributed by atoms with Crippen LogP contribution in [0.1, 0.15) is 34.7 Å². The highest BCUT2D eigenvalue weighted by molar-refractivity contribution is 6.00. The number of anilines is 2. The Balaban J connectivity index is 1.85. The SMILES string of the molecule is Cc1ccc(CN(C(=O)c2ccc(N)cc2N)C2CC2)o1. The number of aryl methyl sites for hydroxylation is 1. The maximum Gasteiger partial charge on any atom is 0.256 e. The van der Waals surface area contributed by atoms with Crippen molar-refractivity contribution in [3.8, 4) is 0 Å². The molecule has 0 saturated heterocycles. The molecule has 5 nitrogen and oxygen atoms in total. The lowest BCUT2D eigenvalue weighted by Crippen LogP contribution is -2.33. The Morgan fingerprint density at radius 2 is 2.05 bits per heavy atom. The second-order valence-electron chi connectivity index (χ2n) is 5.52. The number of amides is 1. The number of benzene rings is 1. The highest BCUT2D eigenvalue weighted by atomic mass is 16.3. The van der Waals surface area contributed by atoms with Crippen molar-refractivity contribution in [1.82, 2.24) is 4.90 Å². The van der Waals surface area contributed by atoms with Crippen molar-refractivity contribution in [1.29, 1.82) is 0 Å². The molecule has 110 valence electrons. The van der Waals surface area contributed by atoms with Gasteiger partial charge >= 0.3 is 0 Å². The van der Waals surface area contributed by atoms with E-state index in [1.807, 2.05) is 24.0 Å². The first-order valence-electron chi connectivity index (χ1n) is 7.06. The van der Waals surface area contributed by atoms with Gasteiger partial charge in [0, 0.05) is 17.4 Å². The van der Waals surface area contributed by atoms with Crippen molar-refractivity contribution in [2.24, 2.45) is 0 Å². The van der Waals surface area contributed by atoms with Gasteiger partial charge in [-0.3, -0.25) is 4.79 Å². The van der Waals surface area contributed by atoms with Crippen LogP contribution in [-0.4, -0.2) is 16.8 Å². The molecular formula is C16H19N3O2. The van der Waals surface area contributed by atoms with Gasteiger partial charge in [-0.05, 0) is 50.1 Å². The lowest BCUT2D eigenvalue weighted by molar-refractivity contribution is 0.0718. The van der Waals surface area contributed by atoms with E-state index in [0.29, 0.717) is 23.5 Å². The molecule has 0 radical (unpaired) electrons. The summed E-state index contributed by atoms with van der Waals surface area (Å²) < 4.78 is 5.58. The molecule has 0 unspecified atom stereocenters. The summed E-state index contributed by atoms with van der Waals surface area (Å²) in [6.07, 6.45) is 2.06. The van der Waals surface area contributed by atoms with Crippen LogP contribution in [0.2, 0.25) is 0 Å². The normalized spacial score (nSPS) is 14.1. The van der Waals surface area contributed by atoms with Gasteiger partial charge in [0.1, 0.15) is 11.5 Å². The van der Waals surface area contributed by atoms with E-state index in [1.54, 1.807) is 18.2 Å². The molecule has 1 aliphatic carbocycles. The van der Waals surface area contributed by atoms with Crippen molar-refractivity contribution in [2.45, 2.75) is 32.4 Å². The highest BCUT2D eigenvalue weighted by Crippen LogP contribution is 2.31. The topological polar surface area (TPSA) is 85.5 Å². The van der Waals surface area contributed by atoms with E-state index in [9.17, 15) is 4.79 Å². The first-order valence-corrected chi connectivity index (χ1v) is 7.06. The van der Waals surface area contributed by atoms with Crippen LogP contribution >= 0.6 is 0 Å². The van der Waals surface area contributed by atoms with Crippen LogP contribution in [0, 0.1) is 6.92 Å². The second-order valence-corrected chi connectivity index (χ2v) is 5.52. The molecule has 1 heterocycles. The quantitative estimate of drug-likeness (QED) is 0.845. The Hall–Kier alpha value is -2.43. The molecule has 0 spiro atoms. The zero-order valence-corrected chi connectivity index (χ0v) is 12.0. The summed E-state index contributed by atoms with van der Waals surface area (Å²) in [6, 6.07) is 9.10. The first kappa shape index (κ1) is 13.5. The summed E-state index contributed by atoms with van der Waals surface area (Å²) in [5, 5.41) is 0. The fourth-order valence-corrected chi connectivity index (χ4v) is 2.42. The lowest BCUT2D eigenvalue weighted by Gasteiger charge is -2.22. The van der Waals surface area contributed by atoms with Crippen LogP contribution in [0.5, 0.6) is 0 Å². The van der Waals surface area contributed by atoms with E-state index in [4.69, 9.17) is 15.9 Å². The van der Waals surface area contributed by atoms with Crippen molar-refractivity contribution >= 4 is 17.3 Å². The minimum Gasteiger partial charge on any atom is -0.464 e. The summed E-state index contributed by atoms with van der Waals surface area (Å²) in [4.78, 5) is 14.6.